The van der Waals surface area contributed by atoms with E-state index in [1.54, 1.807) is 30.1 Å². The molecular weight excluding hydrogens is 272 g/mol. The SMILES string of the molecule is CC1(C)NC(=O)C(C(C)(C)C)N(Cc2cccs2)C1=O. The Morgan fingerprint density at radius 2 is 2.00 bits per heavy atom. The van der Waals surface area contributed by atoms with Gasteiger partial charge in [-0.15, -0.1) is 11.3 Å². The number of carbonyl (C=O) groups is 2. The monoisotopic (exact) mass is 294 g/mol. The van der Waals surface area contributed by atoms with Crippen molar-refractivity contribution in [2.75, 3.05) is 0 Å². The van der Waals surface area contributed by atoms with Crippen LogP contribution in [0.1, 0.15) is 39.5 Å². The molecule has 110 valence electrons. The molecule has 0 saturated carbocycles. The van der Waals surface area contributed by atoms with E-state index in [9.17, 15) is 9.59 Å². The van der Waals surface area contributed by atoms with E-state index in [1.165, 1.54) is 0 Å². The number of rotatable bonds is 2. The van der Waals surface area contributed by atoms with E-state index in [0.717, 1.165) is 4.88 Å². The molecule has 0 radical (unpaired) electrons. The molecule has 1 atom stereocenters. The minimum atomic E-state index is -0.837. The summed E-state index contributed by atoms with van der Waals surface area (Å²) < 4.78 is 0. The summed E-state index contributed by atoms with van der Waals surface area (Å²) in [7, 11) is 0. The van der Waals surface area contributed by atoms with E-state index in [0.29, 0.717) is 6.54 Å². The van der Waals surface area contributed by atoms with Gasteiger partial charge in [0.1, 0.15) is 11.6 Å². The van der Waals surface area contributed by atoms with Gasteiger partial charge in [-0.25, -0.2) is 0 Å². The molecule has 1 fully saturated rings. The number of carbonyl (C=O) groups excluding carboxylic acids is 2. The van der Waals surface area contributed by atoms with Crippen LogP contribution in [-0.4, -0.2) is 28.3 Å². The third kappa shape index (κ3) is 2.73. The topological polar surface area (TPSA) is 49.4 Å². The second-order valence-electron chi connectivity index (χ2n) is 6.90. The van der Waals surface area contributed by atoms with Gasteiger partial charge in [-0.05, 0) is 30.7 Å². The van der Waals surface area contributed by atoms with Crippen LogP contribution in [0.3, 0.4) is 0 Å². The molecule has 2 heterocycles. The lowest BCUT2D eigenvalue weighted by Gasteiger charge is -2.47. The fraction of sp³-hybridized carbons (Fsp3) is 0.600. The van der Waals surface area contributed by atoms with Crippen LogP contribution in [0.15, 0.2) is 17.5 Å². The third-order valence-electron chi connectivity index (χ3n) is 3.52. The Morgan fingerprint density at radius 1 is 1.35 bits per heavy atom. The number of piperazine rings is 1. The molecule has 0 aliphatic carbocycles. The molecule has 1 unspecified atom stereocenters. The summed E-state index contributed by atoms with van der Waals surface area (Å²) in [5.41, 5.74) is -1.14. The summed E-state index contributed by atoms with van der Waals surface area (Å²) in [6.45, 7) is 9.98. The Labute approximate surface area is 124 Å². The molecule has 0 bridgehead atoms. The molecule has 1 N–H and O–H groups in total. The number of hydrogen-bond acceptors (Lipinski definition) is 3. The van der Waals surface area contributed by atoms with E-state index in [4.69, 9.17) is 0 Å². The van der Waals surface area contributed by atoms with Crippen molar-refractivity contribution in [3.63, 3.8) is 0 Å². The number of amides is 2. The van der Waals surface area contributed by atoms with Crippen LogP contribution >= 0.6 is 11.3 Å². The summed E-state index contributed by atoms with van der Waals surface area (Å²) in [6, 6.07) is 3.52. The highest BCUT2D eigenvalue weighted by molar-refractivity contribution is 7.09. The van der Waals surface area contributed by atoms with Gasteiger partial charge >= 0.3 is 0 Å². The van der Waals surface area contributed by atoms with Crippen LogP contribution in [0.4, 0.5) is 0 Å². The van der Waals surface area contributed by atoms with Gasteiger partial charge in [0.05, 0.1) is 6.54 Å². The average molecular weight is 294 g/mol. The number of hydrogen-bond donors (Lipinski definition) is 1. The van der Waals surface area contributed by atoms with Crippen LogP contribution < -0.4 is 5.32 Å². The largest absolute Gasteiger partial charge is 0.340 e. The Hall–Kier alpha value is -1.36. The predicted molar refractivity (Wildman–Crippen MR) is 80.3 cm³/mol. The summed E-state index contributed by atoms with van der Waals surface area (Å²) in [6.07, 6.45) is 0. The Kier molecular flexibility index (Phi) is 3.67. The third-order valence-corrected chi connectivity index (χ3v) is 4.38. The molecule has 1 aliphatic heterocycles. The summed E-state index contributed by atoms with van der Waals surface area (Å²) in [5, 5.41) is 4.83. The second kappa shape index (κ2) is 4.88. The van der Waals surface area contributed by atoms with Gasteiger partial charge in [0.25, 0.3) is 0 Å². The molecule has 1 aliphatic rings. The van der Waals surface area contributed by atoms with Crippen LogP contribution in [0.2, 0.25) is 0 Å². The Morgan fingerprint density at radius 3 is 2.50 bits per heavy atom. The standard InChI is InChI=1S/C15H22N2O2S/c1-14(2,3)11-12(18)16-15(4,5)13(19)17(11)9-10-7-6-8-20-10/h6-8,11H,9H2,1-5H3,(H,16,18). The molecular formula is C15H22N2O2S. The van der Waals surface area contributed by atoms with Gasteiger partial charge in [-0.1, -0.05) is 26.8 Å². The van der Waals surface area contributed by atoms with E-state index >= 15 is 0 Å². The van der Waals surface area contributed by atoms with Crippen molar-refractivity contribution in [1.29, 1.82) is 0 Å². The molecule has 0 spiro atoms. The highest BCUT2D eigenvalue weighted by Gasteiger charge is 2.49. The fourth-order valence-corrected chi connectivity index (χ4v) is 3.34. The van der Waals surface area contributed by atoms with Crippen LogP contribution in [0.25, 0.3) is 0 Å². The van der Waals surface area contributed by atoms with E-state index < -0.39 is 11.6 Å². The first-order chi connectivity index (χ1) is 9.13. The Balaban J connectivity index is 2.38. The predicted octanol–water partition coefficient (Wildman–Crippen LogP) is 2.40. The van der Waals surface area contributed by atoms with Crippen molar-refractivity contribution < 1.29 is 9.59 Å². The molecule has 20 heavy (non-hydrogen) atoms. The summed E-state index contributed by atoms with van der Waals surface area (Å²) in [4.78, 5) is 28.0. The van der Waals surface area contributed by atoms with Gasteiger partial charge in [0.2, 0.25) is 11.8 Å². The van der Waals surface area contributed by atoms with Crippen molar-refractivity contribution in [2.24, 2.45) is 5.41 Å². The lowest BCUT2D eigenvalue weighted by molar-refractivity contribution is -0.158. The van der Waals surface area contributed by atoms with Crippen molar-refractivity contribution in [2.45, 2.75) is 52.7 Å². The van der Waals surface area contributed by atoms with Gasteiger partial charge in [0, 0.05) is 4.88 Å². The van der Waals surface area contributed by atoms with Crippen LogP contribution in [0.5, 0.6) is 0 Å². The first kappa shape index (κ1) is 15.0. The minimum Gasteiger partial charge on any atom is -0.340 e. The number of nitrogens with one attached hydrogen (secondary N) is 1. The highest BCUT2D eigenvalue weighted by atomic mass is 32.1. The Bertz CT molecular complexity index is 514. The van der Waals surface area contributed by atoms with Crippen molar-refractivity contribution in [3.8, 4) is 0 Å². The van der Waals surface area contributed by atoms with Gasteiger partial charge in [0.15, 0.2) is 0 Å². The molecule has 5 heteroatoms. The maximum Gasteiger partial charge on any atom is 0.248 e. The first-order valence-electron chi connectivity index (χ1n) is 6.78. The second-order valence-corrected chi connectivity index (χ2v) is 7.93. The van der Waals surface area contributed by atoms with Gasteiger partial charge in [-0.3, -0.25) is 9.59 Å². The van der Waals surface area contributed by atoms with Gasteiger partial charge < -0.3 is 10.2 Å². The zero-order valence-corrected chi connectivity index (χ0v) is 13.5. The zero-order valence-electron chi connectivity index (χ0n) is 12.7. The number of nitrogens with zero attached hydrogens (tertiary/aromatic N) is 1. The maximum atomic E-state index is 12.7. The first-order valence-corrected chi connectivity index (χ1v) is 7.66. The van der Waals surface area contributed by atoms with Crippen molar-refractivity contribution in [1.82, 2.24) is 10.2 Å². The minimum absolute atomic E-state index is 0.0228. The molecule has 0 aromatic carbocycles. The van der Waals surface area contributed by atoms with Crippen LogP contribution in [-0.2, 0) is 16.1 Å². The lowest BCUT2D eigenvalue weighted by atomic mass is 9.81. The molecule has 2 amide bonds. The molecule has 1 aromatic heterocycles. The van der Waals surface area contributed by atoms with Gasteiger partial charge in [-0.2, -0.15) is 0 Å². The van der Waals surface area contributed by atoms with Crippen LogP contribution in [0, 0.1) is 5.41 Å². The quantitative estimate of drug-likeness (QED) is 0.910. The van der Waals surface area contributed by atoms with E-state index in [-0.39, 0.29) is 17.2 Å². The maximum absolute atomic E-state index is 12.7. The van der Waals surface area contributed by atoms with E-state index in [1.807, 2.05) is 38.3 Å². The average Bonchev–Trinajstić information content (AvgIpc) is 2.75. The molecule has 4 nitrogen and oxygen atoms in total. The van der Waals surface area contributed by atoms with Crippen molar-refractivity contribution >= 4 is 23.2 Å². The highest BCUT2D eigenvalue weighted by Crippen LogP contribution is 2.32. The molecule has 1 saturated heterocycles. The molecule has 1 aromatic rings. The van der Waals surface area contributed by atoms with E-state index in [2.05, 4.69) is 5.32 Å². The lowest BCUT2D eigenvalue weighted by Crippen LogP contribution is -2.70. The summed E-state index contributed by atoms with van der Waals surface area (Å²) in [5.74, 6) is -0.0934. The molecule has 2 rings (SSSR count). The normalized spacial score (nSPS) is 22.9. The van der Waals surface area contributed by atoms with Crippen molar-refractivity contribution in [3.05, 3.63) is 22.4 Å². The zero-order chi connectivity index (χ0) is 15.1. The fourth-order valence-electron chi connectivity index (χ4n) is 2.64. The summed E-state index contributed by atoms with van der Waals surface area (Å²) >= 11 is 1.61. The number of thiophene rings is 1. The smallest absolute Gasteiger partial charge is 0.248 e.